The highest BCUT2D eigenvalue weighted by Gasteiger charge is 2.31. The highest BCUT2D eigenvalue weighted by atomic mass is 16.5. The monoisotopic (exact) mass is 217 g/mol. The van der Waals surface area contributed by atoms with E-state index in [1.54, 1.807) is 0 Å². The molecule has 86 valence electrons. The Morgan fingerprint density at radius 2 is 1.81 bits per heavy atom. The topological polar surface area (TPSA) is 21.3 Å². The van der Waals surface area contributed by atoms with Crippen molar-refractivity contribution in [2.45, 2.75) is 37.8 Å². The van der Waals surface area contributed by atoms with Gasteiger partial charge in [-0.3, -0.25) is 0 Å². The maximum absolute atomic E-state index is 5.75. The van der Waals surface area contributed by atoms with E-state index < -0.39 is 0 Å². The van der Waals surface area contributed by atoms with Crippen molar-refractivity contribution in [1.29, 1.82) is 0 Å². The van der Waals surface area contributed by atoms with E-state index in [0.29, 0.717) is 12.1 Å². The fourth-order valence-electron chi connectivity index (χ4n) is 2.24. The largest absolute Gasteiger partial charge is 0.490 e. The summed E-state index contributed by atoms with van der Waals surface area (Å²) >= 11 is 0. The van der Waals surface area contributed by atoms with Crippen molar-refractivity contribution >= 4 is 0 Å². The average Bonchev–Trinajstić information content (AvgIpc) is 3.13. The van der Waals surface area contributed by atoms with Gasteiger partial charge in [-0.2, -0.15) is 0 Å². The summed E-state index contributed by atoms with van der Waals surface area (Å²) in [4.78, 5) is 0. The summed E-state index contributed by atoms with van der Waals surface area (Å²) in [5, 5.41) is 3.41. The predicted molar refractivity (Wildman–Crippen MR) is 64.6 cm³/mol. The molecule has 1 atom stereocenters. The number of ether oxygens (including phenoxy) is 1. The van der Waals surface area contributed by atoms with Crippen LogP contribution in [0.4, 0.5) is 0 Å². The number of rotatable bonds is 5. The van der Waals surface area contributed by atoms with Gasteiger partial charge in [-0.1, -0.05) is 12.1 Å². The molecule has 0 spiro atoms. The molecule has 16 heavy (non-hydrogen) atoms. The molecule has 2 heteroatoms. The van der Waals surface area contributed by atoms with Gasteiger partial charge in [0.25, 0.3) is 0 Å². The minimum Gasteiger partial charge on any atom is -0.490 e. The van der Waals surface area contributed by atoms with Crippen LogP contribution in [-0.4, -0.2) is 13.2 Å². The minimum atomic E-state index is 0.495. The Labute approximate surface area is 97.0 Å². The Hall–Kier alpha value is -1.02. The fourth-order valence-corrected chi connectivity index (χ4v) is 2.24. The Kier molecular flexibility index (Phi) is 2.60. The van der Waals surface area contributed by atoms with Crippen molar-refractivity contribution in [3.8, 4) is 5.75 Å². The molecule has 2 nitrogen and oxygen atoms in total. The molecule has 2 saturated carbocycles. The molecule has 0 bridgehead atoms. The highest BCUT2D eigenvalue weighted by molar-refractivity contribution is 5.30. The third kappa shape index (κ3) is 2.22. The number of nitrogens with one attached hydrogen (secondary N) is 1. The first-order chi connectivity index (χ1) is 7.86. The molecule has 0 aliphatic heterocycles. The highest BCUT2D eigenvalue weighted by Crippen LogP contribution is 2.41. The third-order valence-corrected chi connectivity index (χ3v) is 3.47. The van der Waals surface area contributed by atoms with Gasteiger partial charge in [0, 0.05) is 6.04 Å². The molecule has 2 fully saturated rings. The summed E-state index contributed by atoms with van der Waals surface area (Å²) in [6.07, 6.45) is 5.68. The molecule has 1 unspecified atom stereocenters. The second-order valence-electron chi connectivity index (χ2n) is 4.99. The maximum atomic E-state index is 5.75. The van der Waals surface area contributed by atoms with Gasteiger partial charge in [-0.15, -0.1) is 0 Å². The van der Waals surface area contributed by atoms with Crippen molar-refractivity contribution in [2.75, 3.05) is 7.05 Å². The van der Waals surface area contributed by atoms with Gasteiger partial charge in [-0.25, -0.2) is 0 Å². The zero-order chi connectivity index (χ0) is 11.0. The first-order valence-corrected chi connectivity index (χ1v) is 6.30. The van der Waals surface area contributed by atoms with E-state index in [1.165, 1.54) is 31.2 Å². The summed E-state index contributed by atoms with van der Waals surface area (Å²) in [5.41, 5.74) is 1.40. The van der Waals surface area contributed by atoms with Crippen LogP contribution in [0.15, 0.2) is 24.3 Å². The van der Waals surface area contributed by atoms with Gasteiger partial charge in [0.2, 0.25) is 0 Å². The zero-order valence-electron chi connectivity index (χ0n) is 9.78. The average molecular weight is 217 g/mol. The first kappa shape index (κ1) is 10.2. The Morgan fingerprint density at radius 1 is 1.12 bits per heavy atom. The van der Waals surface area contributed by atoms with Crippen molar-refractivity contribution in [3.05, 3.63) is 29.8 Å². The van der Waals surface area contributed by atoms with Crippen molar-refractivity contribution in [2.24, 2.45) is 5.92 Å². The number of hydrogen-bond acceptors (Lipinski definition) is 2. The van der Waals surface area contributed by atoms with Crippen molar-refractivity contribution < 1.29 is 4.74 Å². The van der Waals surface area contributed by atoms with Crippen LogP contribution in [0.25, 0.3) is 0 Å². The minimum absolute atomic E-state index is 0.495. The Balaban J connectivity index is 1.69. The molecule has 1 N–H and O–H groups in total. The quantitative estimate of drug-likeness (QED) is 0.818. The smallest absolute Gasteiger partial charge is 0.119 e. The van der Waals surface area contributed by atoms with Crippen LogP contribution in [-0.2, 0) is 0 Å². The van der Waals surface area contributed by atoms with E-state index >= 15 is 0 Å². The number of benzene rings is 1. The maximum Gasteiger partial charge on any atom is 0.119 e. The molecule has 0 saturated heterocycles. The molecule has 3 rings (SSSR count). The van der Waals surface area contributed by atoms with E-state index in [-0.39, 0.29) is 0 Å². The standard InChI is InChI=1S/C14H19NO/c1-15-14(10-2-3-10)11-4-6-12(7-5-11)16-13-8-9-13/h4-7,10,13-15H,2-3,8-9H2,1H3. The van der Waals surface area contributed by atoms with Crippen LogP contribution in [0.5, 0.6) is 5.75 Å². The van der Waals surface area contributed by atoms with Gasteiger partial charge in [0.1, 0.15) is 5.75 Å². The lowest BCUT2D eigenvalue weighted by molar-refractivity contribution is 0.303. The summed E-state index contributed by atoms with van der Waals surface area (Å²) in [5.74, 6) is 1.87. The van der Waals surface area contributed by atoms with Crippen LogP contribution in [0.3, 0.4) is 0 Å². The van der Waals surface area contributed by atoms with Crippen molar-refractivity contribution in [3.63, 3.8) is 0 Å². The van der Waals surface area contributed by atoms with E-state index in [1.807, 2.05) is 0 Å². The van der Waals surface area contributed by atoms with Crippen molar-refractivity contribution in [1.82, 2.24) is 5.32 Å². The third-order valence-electron chi connectivity index (χ3n) is 3.47. The van der Waals surface area contributed by atoms with Crippen LogP contribution in [0.1, 0.15) is 37.3 Å². The van der Waals surface area contributed by atoms with E-state index in [9.17, 15) is 0 Å². The fraction of sp³-hybridized carbons (Fsp3) is 0.571. The molecule has 0 radical (unpaired) electrons. The SMILES string of the molecule is CNC(c1ccc(OC2CC2)cc1)C1CC1. The van der Waals surface area contributed by atoms with Gasteiger partial charge in [0.15, 0.2) is 0 Å². The van der Waals surface area contributed by atoms with E-state index in [2.05, 4.69) is 36.6 Å². The van der Waals surface area contributed by atoms with E-state index in [4.69, 9.17) is 4.74 Å². The molecular weight excluding hydrogens is 198 g/mol. The van der Waals surface area contributed by atoms with Crippen LogP contribution in [0.2, 0.25) is 0 Å². The zero-order valence-corrected chi connectivity index (χ0v) is 9.78. The molecule has 0 amide bonds. The molecule has 0 aromatic heterocycles. The lowest BCUT2D eigenvalue weighted by atomic mass is 10.0. The van der Waals surface area contributed by atoms with Crippen LogP contribution in [0, 0.1) is 5.92 Å². The molecule has 2 aliphatic carbocycles. The van der Waals surface area contributed by atoms with Crippen LogP contribution < -0.4 is 10.1 Å². The van der Waals surface area contributed by atoms with Gasteiger partial charge >= 0.3 is 0 Å². The van der Waals surface area contributed by atoms with Gasteiger partial charge in [-0.05, 0) is 56.3 Å². The molecule has 1 aromatic carbocycles. The lowest BCUT2D eigenvalue weighted by Gasteiger charge is -2.16. The summed E-state index contributed by atoms with van der Waals surface area (Å²) in [6, 6.07) is 9.17. The summed E-state index contributed by atoms with van der Waals surface area (Å²) in [7, 11) is 2.05. The summed E-state index contributed by atoms with van der Waals surface area (Å²) < 4.78 is 5.75. The molecular formula is C14H19NO. The molecule has 2 aliphatic rings. The lowest BCUT2D eigenvalue weighted by Crippen LogP contribution is -2.18. The Morgan fingerprint density at radius 3 is 2.31 bits per heavy atom. The second kappa shape index (κ2) is 4.10. The van der Waals surface area contributed by atoms with Gasteiger partial charge in [0.05, 0.1) is 6.10 Å². The Bertz CT molecular complexity index is 352. The van der Waals surface area contributed by atoms with Gasteiger partial charge < -0.3 is 10.1 Å². The van der Waals surface area contributed by atoms with E-state index in [0.717, 1.165) is 11.7 Å². The van der Waals surface area contributed by atoms with Crippen LogP contribution >= 0.6 is 0 Å². The normalized spacial score (nSPS) is 21.8. The summed E-state index contributed by atoms with van der Waals surface area (Å²) in [6.45, 7) is 0. The molecule has 0 heterocycles. The molecule has 1 aromatic rings. The first-order valence-electron chi connectivity index (χ1n) is 6.30. The predicted octanol–water partition coefficient (Wildman–Crippen LogP) is 2.90. The number of hydrogen-bond donors (Lipinski definition) is 1. The second-order valence-corrected chi connectivity index (χ2v) is 4.99.